The van der Waals surface area contributed by atoms with Crippen LogP contribution in [0, 0.1) is 0 Å². The highest BCUT2D eigenvalue weighted by atomic mass is 79.9. The van der Waals surface area contributed by atoms with Crippen molar-refractivity contribution < 1.29 is 4.55 Å². The minimum absolute atomic E-state index is 0.0209. The van der Waals surface area contributed by atoms with Gasteiger partial charge in [0.15, 0.2) is 0 Å². The first-order valence-electron chi connectivity index (χ1n) is 5.64. The Bertz CT molecular complexity index is 368. The Hall–Kier alpha value is -0.100. The molecule has 1 unspecified atom stereocenters. The molecule has 0 amide bonds. The molecule has 2 atom stereocenters. The van der Waals surface area contributed by atoms with Crippen LogP contribution in [0.5, 0.6) is 0 Å². The lowest BCUT2D eigenvalue weighted by atomic mass is 10.1. The predicted octanol–water partition coefficient (Wildman–Crippen LogP) is 3.35. The molecule has 0 spiro atoms. The zero-order valence-electron chi connectivity index (χ0n) is 10.7. The molecule has 1 N–H and O–H groups in total. The molecule has 0 saturated carbocycles. The fourth-order valence-corrected chi connectivity index (χ4v) is 2.52. The SMILES string of the molecule is CC[C@H](N[S+]([O-])C(C)(C)C)c1cc(Br)ccn1. The number of pyridine rings is 1. The average molecular weight is 319 g/mol. The van der Waals surface area contributed by atoms with Crippen molar-refractivity contribution in [3.05, 3.63) is 28.5 Å². The molecule has 96 valence electrons. The third-order valence-electron chi connectivity index (χ3n) is 2.31. The third kappa shape index (κ3) is 4.58. The molecule has 0 aliphatic heterocycles. The Morgan fingerprint density at radius 2 is 2.18 bits per heavy atom. The Labute approximate surface area is 115 Å². The highest BCUT2D eigenvalue weighted by Crippen LogP contribution is 2.22. The van der Waals surface area contributed by atoms with Crippen molar-refractivity contribution in [2.75, 3.05) is 0 Å². The summed E-state index contributed by atoms with van der Waals surface area (Å²) in [5.74, 6) is 0. The van der Waals surface area contributed by atoms with Crippen molar-refractivity contribution in [2.45, 2.75) is 44.9 Å². The van der Waals surface area contributed by atoms with E-state index < -0.39 is 11.4 Å². The second-order valence-corrected chi connectivity index (χ2v) is 7.77. The summed E-state index contributed by atoms with van der Waals surface area (Å²) >= 11 is 2.34. The van der Waals surface area contributed by atoms with Crippen molar-refractivity contribution >= 4 is 27.3 Å². The smallest absolute Gasteiger partial charge is 0.136 e. The van der Waals surface area contributed by atoms with Crippen molar-refractivity contribution in [3.63, 3.8) is 0 Å². The van der Waals surface area contributed by atoms with Gasteiger partial charge in [-0.15, -0.1) is 4.72 Å². The summed E-state index contributed by atoms with van der Waals surface area (Å²) in [6, 6.07) is 3.87. The van der Waals surface area contributed by atoms with E-state index in [1.807, 2.05) is 32.9 Å². The van der Waals surface area contributed by atoms with Gasteiger partial charge >= 0.3 is 0 Å². The van der Waals surface area contributed by atoms with E-state index in [2.05, 4.69) is 32.6 Å². The first kappa shape index (κ1) is 15.0. The van der Waals surface area contributed by atoms with E-state index in [0.29, 0.717) is 0 Å². The molecule has 1 aromatic heterocycles. The predicted molar refractivity (Wildman–Crippen MR) is 76.0 cm³/mol. The Morgan fingerprint density at radius 1 is 1.53 bits per heavy atom. The molecule has 3 nitrogen and oxygen atoms in total. The Balaban J connectivity index is 2.79. The molecule has 0 aliphatic carbocycles. The molecule has 0 aliphatic rings. The average Bonchev–Trinajstić information content (AvgIpc) is 2.24. The van der Waals surface area contributed by atoms with Crippen LogP contribution in [-0.4, -0.2) is 14.3 Å². The maximum atomic E-state index is 12.1. The van der Waals surface area contributed by atoms with E-state index in [9.17, 15) is 4.55 Å². The summed E-state index contributed by atoms with van der Waals surface area (Å²) in [4.78, 5) is 4.32. The van der Waals surface area contributed by atoms with Crippen LogP contribution in [0.25, 0.3) is 0 Å². The summed E-state index contributed by atoms with van der Waals surface area (Å²) < 4.78 is 15.9. The number of rotatable bonds is 4. The fraction of sp³-hybridized carbons (Fsp3) is 0.583. The molecule has 17 heavy (non-hydrogen) atoms. The Kier molecular flexibility index (Phi) is 5.44. The van der Waals surface area contributed by atoms with Crippen LogP contribution < -0.4 is 4.72 Å². The van der Waals surface area contributed by atoms with E-state index in [0.717, 1.165) is 16.6 Å². The number of nitrogens with zero attached hydrogens (tertiary/aromatic N) is 1. The summed E-state index contributed by atoms with van der Waals surface area (Å²) in [6.45, 7) is 7.92. The molecular formula is C12H19BrN2OS. The monoisotopic (exact) mass is 318 g/mol. The standard InChI is InChI=1S/C12H19BrN2OS/c1-5-10(15-17(16)12(2,3)4)11-8-9(13)6-7-14-11/h6-8,10,15H,5H2,1-4H3/t10-,17?/m0/s1. The zero-order chi connectivity index (χ0) is 13.1. The van der Waals surface area contributed by atoms with Gasteiger partial charge < -0.3 is 4.55 Å². The second kappa shape index (κ2) is 6.18. The van der Waals surface area contributed by atoms with E-state index in [1.54, 1.807) is 6.20 Å². The highest BCUT2D eigenvalue weighted by molar-refractivity contribution is 9.10. The molecule has 0 saturated heterocycles. The quantitative estimate of drug-likeness (QED) is 0.866. The Morgan fingerprint density at radius 3 is 2.65 bits per heavy atom. The summed E-state index contributed by atoms with van der Waals surface area (Å²) in [5.41, 5.74) is 0.916. The van der Waals surface area contributed by atoms with Gasteiger partial charge in [-0.3, -0.25) is 4.98 Å². The van der Waals surface area contributed by atoms with Crippen LogP contribution in [0.1, 0.15) is 45.9 Å². The minimum Gasteiger partial charge on any atom is -0.598 e. The lowest BCUT2D eigenvalue weighted by Gasteiger charge is -2.27. The molecule has 1 aromatic rings. The molecule has 0 fully saturated rings. The molecule has 1 heterocycles. The number of nitrogens with one attached hydrogen (secondary N) is 1. The first-order chi connectivity index (χ1) is 7.84. The van der Waals surface area contributed by atoms with Gasteiger partial charge in [0.05, 0.1) is 11.7 Å². The van der Waals surface area contributed by atoms with Gasteiger partial charge in [-0.1, -0.05) is 22.9 Å². The molecule has 5 heteroatoms. The van der Waals surface area contributed by atoms with Gasteiger partial charge in [0, 0.05) is 22.0 Å². The van der Waals surface area contributed by atoms with Gasteiger partial charge in [-0.2, -0.15) is 0 Å². The molecule has 0 bridgehead atoms. The van der Waals surface area contributed by atoms with Gasteiger partial charge in [0.2, 0.25) is 0 Å². The number of hydrogen-bond donors (Lipinski definition) is 1. The maximum absolute atomic E-state index is 12.1. The fourth-order valence-electron chi connectivity index (χ4n) is 1.27. The molecule has 1 rings (SSSR count). The van der Waals surface area contributed by atoms with Gasteiger partial charge in [0.1, 0.15) is 4.75 Å². The molecule has 0 aromatic carbocycles. The first-order valence-corrected chi connectivity index (χ1v) is 7.58. The van der Waals surface area contributed by atoms with E-state index in [-0.39, 0.29) is 10.8 Å². The highest BCUT2D eigenvalue weighted by Gasteiger charge is 2.29. The second-order valence-electron chi connectivity index (χ2n) is 4.86. The van der Waals surface area contributed by atoms with Gasteiger partial charge in [0.25, 0.3) is 0 Å². The third-order valence-corrected chi connectivity index (χ3v) is 4.42. The van der Waals surface area contributed by atoms with Gasteiger partial charge in [-0.25, -0.2) is 0 Å². The topological polar surface area (TPSA) is 48.0 Å². The number of aromatic nitrogens is 1. The zero-order valence-corrected chi connectivity index (χ0v) is 13.1. The van der Waals surface area contributed by atoms with Gasteiger partial charge in [-0.05, 0) is 39.3 Å². The normalized spacial score (nSPS) is 15.6. The van der Waals surface area contributed by atoms with Crippen LogP contribution in [0.15, 0.2) is 22.8 Å². The lowest BCUT2D eigenvalue weighted by Crippen LogP contribution is -2.41. The summed E-state index contributed by atoms with van der Waals surface area (Å²) in [6.07, 6.45) is 2.61. The minimum atomic E-state index is -1.08. The van der Waals surface area contributed by atoms with Crippen LogP contribution in [-0.2, 0) is 11.4 Å². The summed E-state index contributed by atoms with van der Waals surface area (Å²) in [5, 5.41) is 0. The van der Waals surface area contributed by atoms with E-state index in [1.165, 1.54) is 0 Å². The lowest BCUT2D eigenvalue weighted by molar-refractivity contribution is 0.515. The maximum Gasteiger partial charge on any atom is 0.136 e. The number of halogens is 1. The van der Waals surface area contributed by atoms with E-state index >= 15 is 0 Å². The van der Waals surface area contributed by atoms with Crippen molar-refractivity contribution in [1.82, 2.24) is 9.71 Å². The van der Waals surface area contributed by atoms with Crippen molar-refractivity contribution in [1.29, 1.82) is 0 Å². The van der Waals surface area contributed by atoms with Crippen molar-refractivity contribution in [3.8, 4) is 0 Å². The van der Waals surface area contributed by atoms with Crippen LogP contribution in [0.4, 0.5) is 0 Å². The van der Waals surface area contributed by atoms with Crippen LogP contribution in [0.3, 0.4) is 0 Å². The van der Waals surface area contributed by atoms with Crippen molar-refractivity contribution in [2.24, 2.45) is 0 Å². The molecular weight excluding hydrogens is 300 g/mol. The van der Waals surface area contributed by atoms with Crippen LogP contribution >= 0.6 is 15.9 Å². The number of hydrogen-bond acceptors (Lipinski definition) is 3. The molecule has 0 radical (unpaired) electrons. The van der Waals surface area contributed by atoms with Crippen LogP contribution in [0.2, 0.25) is 0 Å². The van der Waals surface area contributed by atoms with E-state index in [4.69, 9.17) is 0 Å². The summed E-state index contributed by atoms with van der Waals surface area (Å²) in [7, 11) is 0. The largest absolute Gasteiger partial charge is 0.598 e.